The molecule has 0 aromatic heterocycles. The number of amides is 3. The van der Waals surface area contributed by atoms with Crippen LogP contribution in [0.25, 0.3) is 0 Å². The highest BCUT2D eigenvalue weighted by Gasteiger charge is 2.28. The highest BCUT2D eigenvalue weighted by Crippen LogP contribution is 2.18. The first kappa shape index (κ1) is 12.4. The molecule has 1 heterocycles. The zero-order chi connectivity index (χ0) is 12.1. The van der Waals surface area contributed by atoms with Gasteiger partial charge in [0.1, 0.15) is 0 Å². The Morgan fingerprint density at radius 1 is 1.38 bits per heavy atom. The number of nitrogens with one attached hydrogen (secondary N) is 1. The van der Waals surface area contributed by atoms with Crippen LogP contribution >= 0.6 is 0 Å². The maximum atomic E-state index is 11.0. The van der Waals surface area contributed by atoms with E-state index in [9.17, 15) is 14.4 Å². The Kier molecular flexibility index (Phi) is 4.24. The molecule has 1 aliphatic heterocycles. The fourth-order valence-electron chi connectivity index (χ4n) is 1.70. The molecule has 0 aliphatic carbocycles. The molecule has 0 aromatic carbocycles. The third-order valence-electron chi connectivity index (χ3n) is 2.41. The fraction of sp³-hybridized carbons (Fsp3) is 0.667. The zero-order valence-corrected chi connectivity index (χ0v) is 8.81. The van der Waals surface area contributed by atoms with E-state index < -0.39 is 17.9 Å². The molecule has 0 spiro atoms. The number of aliphatic carboxylic acids is 1. The Morgan fingerprint density at radius 2 is 2.00 bits per heavy atom. The summed E-state index contributed by atoms with van der Waals surface area (Å²) in [5, 5.41) is 10.5. The van der Waals surface area contributed by atoms with Crippen LogP contribution in [0.15, 0.2) is 0 Å². The lowest BCUT2D eigenvalue weighted by Crippen LogP contribution is -2.48. The van der Waals surface area contributed by atoms with Crippen LogP contribution in [0.3, 0.4) is 0 Å². The second-order valence-corrected chi connectivity index (χ2v) is 3.89. The topological polar surface area (TPSA) is 113 Å². The summed E-state index contributed by atoms with van der Waals surface area (Å²) < 4.78 is 0. The van der Waals surface area contributed by atoms with Crippen LogP contribution in [0.5, 0.6) is 0 Å². The number of nitrogens with zero attached hydrogens (tertiary/aromatic N) is 1. The minimum absolute atomic E-state index is 0.171. The summed E-state index contributed by atoms with van der Waals surface area (Å²) in [5.74, 6) is -1.03. The number of rotatable bonds is 5. The number of carboxylic acids is 1. The van der Waals surface area contributed by atoms with Gasteiger partial charge in [0, 0.05) is 26.1 Å². The van der Waals surface area contributed by atoms with Crippen LogP contribution in [0.4, 0.5) is 4.79 Å². The predicted molar refractivity (Wildman–Crippen MR) is 54.5 cm³/mol. The number of carbonyl (C=O) groups is 3. The Bertz CT molecular complexity index is 299. The van der Waals surface area contributed by atoms with Crippen molar-refractivity contribution in [2.75, 3.05) is 19.6 Å². The van der Waals surface area contributed by atoms with E-state index in [0.717, 1.165) is 0 Å². The first-order valence-corrected chi connectivity index (χ1v) is 5.01. The number of carboxylic acid groups (broad SMARTS) is 1. The van der Waals surface area contributed by atoms with Gasteiger partial charge in [-0.15, -0.1) is 0 Å². The molecule has 7 nitrogen and oxygen atoms in total. The van der Waals surface area contributed by atoms with Gasteiger partial charge in [0.05, 0.1) is 6.42 Å². The van der Waals surface area contributed by atoms with Crippen molar-refractivity contribution < 1.29 is 19.5 Å². The summed E-state index contributed by atoms with van der Waals surface area (Å²) in [5.41, 5.74) is 4.77. The van der Waals surface area contributed by atoms with Crippen molar-refractivity contribution in [2.24, 2.45) is 11.7 Å². The quantitative estimate of drug-likeness (QED) is 0.558. The average molecular weight is 229 g/mol. The summed E-state index contributed by atoms with van der Waals surface area (Å²) >= 11 is 0. The van der Waals surface area contributed by atoms with Crippen LogP contribution in [0.1, 0.15) is 12.8 Å². The highest BCUT2D eigenvalue weighted by molar-refractivity contribution is 5.93. The Hall–Kier alpha value is -1.63. The van der Waals surface area contributed by atoms with E-state index in [-0.39, 0.29) is 18.8 Å². The monoisotopic (exact) mass is 229 g/mol. The first-order chi connectivity index (χ1) is 7.47. The van der Waals surface area contributed by atoms with Crippen LogP contribution < -0.4 is 11.1 Å². The highest BCUT2D eigenvalue weighted by atomic mass is 16.4. The van der Waals surface area contributed by atoms with E-state index >= 15 is 0 Å². The van der Waals surface area contributed by atoms with E-state index in [1.165, 1.54) is 0 Å². The van der Waals surface area contributed by atoms with E-state index in [1.807, 2.05) is 10.2 Å². The second kappa shape index (κ2) is 5.45. The zero-order valence-electron chi connectivity index (χ0n) is 8.81. The summed E-state index contributed by atoms with van der Waals surface area (Å²) in [6, 6.07) is -0.850. The number of carbonyl (C=O) groups excluding carboxylic acids is 2. The molecule has 16 heavy (non-hydrogen) atoms. The lowest BCUT2D eigenvalue weighted by atomic mass is 9.96. The number of primary amides is 1. The van der Waals surface area contributed by atoms with Crippen LogP contribution in [-0.2, 0) is 9.59 Å². The summed E-state index contributed by atoms with van der Waals surface area (Å²) in [4.78, 5) is 33.7. The third kappa shape index (κ3) is 4.26. The molecule has 0 atom stereocenters. The van der Waals surface area contributed by atoms with E-state index in [2.05, 4.69) is 0 Å². The smallest absolute Gasteiger partial charge is 0.318 e. The van der Waals surface area contributed by atoms with Crippen molar-refractivity contribution in [3.63, 3.8) is 0 Å². The van der Waals surface area contributed by atoms with Crippen molar-refractivity contribution in [3.05, 3.63) is 0 Å². The molecule has 3 amide bonds. The van der Waals surface area contributed by atoms with Crippen LogP contribution in [-0.4, -0.2) is 47.5 Å². The molecule has 4 N–H and O–H groups in total. The molecule has 1 fully saturated rings. The molecular weight excluding hydrogens is 214 g/mol. The fourth-order valence-corrected chi connectivity index (χ4v) is 1.70. The molecule has 90 valence electrons. The number of nitrogens with two attached hydrogens (primary N) is 1. The van der Waals surface area contributed by atoms with Gasteiger partial charge < -0.3 is 15.7 Å². The molecule has 0 aromatic rings. The minimum Gasteiger partial charge on any atom is -0.481 e. The minimum atomic E-state index is -0.850. The average Bonchev–Trinajstić information content (AvgIpc) is 2.06. The summed E-state index contributed by atoms with van der Waals surface area (Å²) in [7, 11) is 0. The van der Waals surface area contributed by atoms with Gasteiger partial charge >= 0.3 is 12.0 Å². The molecule has 0 radical (unpaired) electrons. The van der Waals surface area contributed by atoms with Gasteiger partial charge in [-0.2, -0.15) is 0 Å². The number of imide groups is 1. The van der Waals surface area contributed by atoms with Gasteiger partial charge in [0.15, 0.2) is 0 Å². The molecule has 0 saturated carbocycles. The third-order valence-corrected chi connectivity index (χ3v) is 2.41. The van der Waals surface area contributed by atoms with Crippen molar-refractivity contribution in [1.82, 2.24) is 10.2 Å². The molecule has 7 heteroatoms. The van der Waals surface area contributed by atoms with Gasteiger partial charge in [-0.1, -0.05) is 0 Å². The first-order valence-electron chi connectivity index (χ1n) is 5.01. The number of urea groups is 1. The lowest BCUT2D eigenvalue weighted by Gasteiger charge is -2.38. The molecule has 1 aliphatic rings. The Morgan fingerprint density at radius 3 is 2.50 bits per heavy atom. The summed E-state index contributed by atoms with van der Waals surface area (Å²) in [6.45, 7) is 1.90. The molecule has 0 unspecified atom stereocenters. The normalized spacial score (nSPS) is 16.5. The van der Waals surface area contributed by atoms with Crippen molar-refractivity contribution >= 4 is 17.9 Å². The molecule has 0 bridgehead atoms. The van der Waals surface area contributed by atoms with E-state index in [1.54, 1.807) is 0 Å². The van der Waals surface area contributed by atoms with Gasteiger partial charge in [0.2, 0.25) is 5.91 Å². The van der Waals surface area contributed by atoms with Crippen molar-refractivity contribution in [1.29, 1.82) is 0 Å². The molecular formula is C9H15N3O4. The van der Waals surface area contributed by atoms with Gasteiger partial charge in [-0.25, -0.2) is 4.79 Å². The SMILES string of the molecule is NC(=O)NC(=O)CCN1CC(CC(=O)O)C1. The van der Waals surface area contributed by atoms with Crippen LogP contribution in [0.2, 0.25) is 0 Å². The van der Waals surface area contributed by atoms with E-state index in [4.69, 9.17) is 10.8 Å². The van der Waals surface area contributed by atoms with E-state index in [0.29, 0.717) is 19.6 Å². The number of likely N-dealkylation sites (tertiary alicyclic amines) is 1. The van der Waals surface area contributed by atoms with Crippen molar-refractivity contribution in [3.8, 4) is 0 Å². The second-order valence-electron chi connectivity index (χ2n) is 3.89. The number of hydrogen-bond donors (Lipinski definition) is 3. The van der Waals surface area contributed by atoms with Gasteiger partial charge in [-0.05, 0) is 5.92 Å². The molecule has 1 rings (SSSR count). The maximum Gasteiger partial charge on any atom is 0.318 e. The standard InChI is InChI=1S/C9H15N3O4/c10-9(16)11-7(13)1-2-12-4-6(5-12)3-8(14)15/h6H,1-5H2,(H,14,15)(H3,10,11,13,16). The van der Waals surface area contributed by atoms with Crippen LogP contribution in [0, 0.1) is 5.92 Å². The van der Waals surface area contributed by atoms with Gasteiger partial charge in [-0.3, -0.25) is 14.9 Å². The number of hydrogen-bond acceptors (Lipinski definition) is 4. The summed E-state index contributed by atoms with van der Waals surface area (Å²) in [6.07, 6.45) is 0.368. The maximum absolute atomic E-state index is 11.0. The molecule has 1 saturated heterocycles. The Labute approximate surface area is 92.6 Å². The Balaban J connectivity index is 2.07. The predicted octanol–water partition coefficient (Wildman–Crippen LogP) is -1.02. The van der Waals surface area contributed by atoms with Crippen molar-refractivity contribution in [2.45, 2.75) is 12.8 Å². The largest absolute Gasteiger partial charge is 0.481 e. The lowest BCUT2D eigenvalue weighted by molar-refractivity contribution is -0.139. The van der Waals surface area contributed by atoms with Gasteiger partial charge in [0.25, 0.3) is 0 Å².